The molecule has 34 heavy (non-hydrogen) atoms. The third-order valence-corrected chi connectivity index (χ3v) is 6.46. The molecule has 0 amide bonds. The average molecular weight is 471 g/mol. The highest BCUT2D eigenvalue weighted by Gasteiger charge is 2.42. The topological polar surface area (TPSA) is 60.8 Å². The summed E-state index contributed by atoms with van der Waals surface area (Å²) in [4.78, 5) is 6.78. The van der Waals surface area contributed by atoms with E-state index in [-0.39, 0.29) is 18.9 Å². The number of fused-ring (bicyclic) bond motifs is 1. The molecule has 8 heteroatoms. The Balaban J connectivity index is 1.50. The molecule has 0 saturated carbocycles. The van der Waals surface area contributed by atoms with Crippen molar-refractivity contribution in [3.63, 3.8) is 0 Å². The third-order valence-electron chi connectivity index (χ3n) is 6.15. The lowest BCUT2D eigenvalue weighted by Gasteiger charge is -2.29. The molecule has 0 bridgehead atoms. The summed E-state index contributed by atoms with van der Waals surface area (Å²) in [5.74, 6) is 2.24. The first kappa shape index (κ1) is 20.6. The fraction of sp³-hybridized carbons (Fsp3) is 0.154. The summed E-state index contributed by atoms with van der Waals surface area (Å²) in [6.07, 6.45) is 3.86. The Kier molecular flexibility index (Phi) is 5.07. The number of thiocarbonyl (C=S) groups is 1. The third kappa shape index (κ3) is 3.43. The molecule has 0 spiro atoms. The molecule has 2 aromatic carbocycles. The van der Waals surface area contributed by atoms with Gasteiger partial charge in [-0.05, 0) is 60.7 Å². The highest BCUT2D eigenvalue weighted by Crippen LogP contribution is 2.45. The van der Waals surface area contributed by atoms with Crippen LogP contribution in [0.3, 0.4) is 0 Å². The molecule has 1 fully saturated rings. The van der Waals surface area contributed by atoms with E-state index >= 15 is 0 Å². The standard InChI is InChI=1S/C26H22N4O3S/c1-31-19-7-4-6-17(14-19)29-13-5-9-21(29)25-24(20-8-2-3-12-27-20)28-26(34)30(25)18-10-11-22-23(15-18)33-16-32-22/h2-15,24-25H,16H2,1H3,(H,28,34)/t24-,25+/m0/s1. The fourth-order valence-corrected chi connectivity index (χ4v) is 4.95. The molecular formula is C26H22N4O3S. The fourth-order valence-electron chi connectivity index (χ4n) is 4.60. The van der Waals surface area contributed by atoms with Gasteiger partial charge in [0.25, 0.3) is 0 Å². The maximum atomic E-state index is 5.86. The number of hydrogen-bond donors (Lipinski definition) is 1. The Morgan fingerprint density at radius 2 is 1.88 bits per heavy atom. The Morgan fingerprint density at radius 1 is 0.971 bits per heavy atom. The van der Waals surface area contributed by atoms with Crippen LogP contribution in [-0.2, 0) is 0 Å². The Morgan fingerprint density at radius 3 is 2.74 bits per heavy atom. The van der Waals surface area contributed by atoms with Crippen LogP contribution in [0.4, 0.5) is 5.69 Å². The summed E-state index contributed by atoms with van der Waals surface area (Å²) in [7, 11) is 1.67. The zero-order valence-corrected chi connectivity index (χ0v) is 19.2. The smallest absolute Gasteiger partial charge is 0.231 e. The summed E-state index contributed by atoms with van der Waals surface area (Å²) in [6, 6.07) is 23.7. The van der Waals surface area contributed by atoms with Crippen LogP contribution in [0, 0.1) is 0 Å². The van der Waals surface area contributed by atoms with Crippen molar-refractivity contribution >= 4 is 23.0 Å². The van der Waals surface area contributed by atoms with Crippen LogP contribution >= 0.6 is 12.2 Å². The van der Waals surface area contributed by atoms with Crippen LogP contribution in [0.2, 0.25) is 0 Å². The molecule has 0 radical (unpaired) electrons. The minimum absolute atomic E-state index is 0.154. The van der Waals surface area contributed by atoms with Gasteiger partial charge in [0.1, 0.15) is 11.8 Å². The quantitative estimate of drug-likeness (QED) is 0.421. The van der Waals surface area contributed by atoms with Crippen molar-refractivity contribution in [2.75, 3.05) is 18.8 Å². The van der Waals surface area contributed by atoms with Crippen molar-refractivity contribution in [3.05, 3.63) is 96.6 Å². The van der Waals surface area contributed by atoms with E-state index in [9.17, 15) is 0 Å². The number of ether oxygens (including phenoxy) is 3. The van der Waals surface area contributed by atoms with Crippen molar-refractivity contribution in [2.24, 2.45) is 0 Å². The molecule has 4 aromatic rings. The predicted molar refractivity (Wildman–Crippen MR) is 133 cm³/mol. The molecule has 2 atom stereocenters. The molecule has 0 unspecified atom stereocenters. The number of rotatable bonds is 5. The Bertz CT molecular complexity index is 1360. The number of pyridine rings is 1. The van der Waals surface area contributed by atoms with Gasteiger partial charge in [-0.25, -0.2) is 0 Å². The van der Waals surface area contributed by atoms with Crippen LogP contribution in [0.1, 0.15) is 23.5 Å². The number of anilines is 1. The van der Waals surface area contributed by atoms with Gasteiger partial charge in [0.2, 0.25) is 6.79 Å². The van der Waals surface area contributed by atoms with Crippen LogP contribution in [0.5, 0.6) is 17.2 Å². The van der Waals surface area contributed by atoms with Gasteiger partial charge in [0, 0.05) is 41.6 Å². The summed E-state index contributed by atoms with van der Waals surface area (Å²) in [5, 5.41) is 4.13. The highest BCUT2D eigenvalue weighted by molar-refractivity contribution is 7.80. The number of aromatic nitrogens is 2. The summed E-state index contributed by atoms with van der Waals surface area (Å²) in [5.41, 5.74) is 3.90. The molecule has 2 aliphatic rings. The van der Waals surface area contributed by atoms with Gasteiger partial charge in [-0.15, -0.1) is 0 Å². The number of nitrogens with one attached hydrogen (secondary N) is 1. The van der Waals surface area contributed by atoms with E-state index in [4.69, 9.17) is 26.4 Å². The Hall–Kier alpha value is -4.04. The first-order chi connectivity index (χ1) is 16.7. The average Bonchev–Trinajstić information content (AvgIpc) is 3.62. The van der Waals surface area contributed by atoms with Crippen LogP contribution in [0.25, 0.3) is 5.69 Å². The van der Waals surface area contributed by atoms with E-state index in [0.717, 1.165) is 34.3 Å². The lowest BCUT2D eigenvalue weighted by molar-refractivity contribution is 0.174. The lowest BCUT2D eigenvalue weighted by Crippen LogP contribution is -2.30. The van der Waals surface area contributed by atoms with Gasteiger partial charge >= 0.3 is 0 Å². The Labute approximate surface area is 202 Å². The lowest BCUT2D eigenvalue weighted by atomic mass is 10.0. The number of benzene rings is 2. The zero-order valence-electron chi connectivity index (χ0n) is 18.4. The van der Waals surface area contributed by atoms with E-state index < -0.39 is 0 Å². The second-order valence-corrected chi connectivity index (χ2v) is 8.43. The van der Waals surface area contributed by atoms with Gasteiger partial charge in [-0.3, -0.25) is 4.98 Å². The molecular weight excluding hydrogens is 448 g/mol. The van der Waals surface area contributed by atoms with Crippen molar-refractivity contribution < 1.29 is 14.2 Å². The molecule has 2 aromatic heterocycles. The molecule has 170 valence electrons. The maximum Gasteiger partial charge on any atom is 0.231 e. The monoisotopic (exact) mass is 470 g/mol. The molecule has 1 saturated heterocycles. The SMILES string of the molecule is COc1cccc(-n2cccc2[C@@H]2[C@H](c3ccccn3)NC(=S)N2c2ccc3c(c2)OCO3)c1. The van der Waals surface area contributed by atoms with Gasteiger partial charge in [0.15, 0.2) is 16.6 Å². The summed E-state index contributed by atoms with van der Waals surface area (Å²) in [6.45, 7) is 0.222. The molecule has 1 N–H and O–H groups in total. The zero-order chi connectivity index (χ0) is 23.1. The second kappa shape index (κ2) is 8.39. The van der Waals surface area contributed by atoms with Gasteiger partial charge in [0.05, 0.1) is 18.8 Å². The first-order valence-corrected chi connectivity index (χ1v) is 11.4. The van der Waals surface area contributed by atoms with Crippen molar-refractivity contribution in [3.8, 4) is 22.9 Å². The summed E-state index contributed by atoms with van der Waals surface area (Å²) >= 11 is 5.86. The van der Waals surface area contributed by atoms with Crippen molar-refractivity contribution in [1.29, 1.82) is 0 Å². The van der Waals surface area contributed by atoms with Crippen molar-refractivity contribution in [2.45, 2.75) is 12.1 Å². The number of methoxy groups -OCH3 is 1. The molecule has 0 aliphatic carbocycles. The molecule has 7 nitrogen and oxygen atoms in total. The van der Waals surface area contributed by atoms with Gasteiger partial charge in [-0.1, -0.05) is 12.1 Å². The van der Waals surface area contributed by atoms with Crippen LogP contribution in [0.15, 0.2) is 85.2 Å². The second-order valence-electron chi connectivity index (χ2n) is 8.04. The minimum Gasteiger partial charge on any atom is -0.497 e. The minimum atomic E-state index is -0.163. The summed E-state index contributed by atoms with van der Waals surface area (Å²) < 4.78 is 18.8. The largest absolute Gasteiger partial charge is 0.497 e. The molecule has 6 rings (SSSR count). The molecule has 4 heterocycles. The number of nitrogens with zero attached hydrogens (tertiary/aromatic N) is 3. The van der Waals surface area contributed by atoms with Crippen LogP contribution < -0.4 is 24.4 Å². The van der Waals surface area contributed by atoms with E-state index in [2.05, 4.69) is 38.1 Å². The van der Waals surface area contributed by atoms with Gasteiger partial charge < -0.3 is 29.0 Å². The predicted octanol–water partition coefficient (Wildman–Crippen LogP) is 4.79. The van der Waals surface area contributed by atoms with E-state index in [1.54, 1.807) is 7.11 Å². The van der Waals surface area contributed by atoms with Crippen LogP contribution in [-0.4, -0.2) is 28.6 Å². The van der Waals surface area contributed by atoms with E-state index in [0.29, 0.717) is 10.9 Å². The van der Waals surface area contributed by atoms with Crippen molar-refractivity contribution in [1.82, 2.24) is 14.9 Å². The van der Waals surface area contributed by atoms with E-state index in [1.165, 1.54) is 0 Å². The molecule has 2 aliphatic heterocycles. The van der Waals surface area contributed by atoms with Gasteiger partial charge in [-0.2, -0.15) is 0 Å². The normalized spacial score (nSPS) is 18.7. The first-order valence-electron chi connectivity index (χ1n) is 10.9. The highest BCUT2D eigenvalue weighted by atomic mass is 32.1. The van der Waals surface area contributed by atoms with E-state index in [1.807, 2.05) is 66.9 Å². The number of hydrogen-bond acceptors (Lipinski definition) is 5. The maximum absolute atomic E-state index is 5.86.